The Hall–Kier alpha value is -2.91. The molecule has 0 spiro atoms. The summed E-state index contributed by atoms with van der Waals surface area (Å²) in [5.74, 6) is 0.529. The van der Waals surface area contributed by atoms with Gasteiger partial charge < -0.3 is 14.2 Å². The summed E-state index contributed by atoms with van der Waals surface area (Å²) in [6.45, 7) is 4.72. The standard InChI is InChI=1S/C23H25NO7S/c1-15-9-16(2)12-24(11-15)32(27,28)19-6-3-17(4-7-19)23(26)29-13-20(25)18-5-8-21-22(10-18)31-14-30-21/h3-8,10,15-16H,9,11-14H2,1-2H3/t15-,16-/m1/s1. The lowest BCUT2D eigenvalue weighted by Crippen LogP contribution is -2.42. The van der Waals surface area contributed by atoms with Crippen molar-refractivity contribution >= 4 is 21.8 Å². The van der Waals surface area contributed by atoms with Crippen LogP contribution in [0.1, 0.15) is 41.0 Å². The minimum absolute atomic E-state index is 0.101. The number of ether oxygens (including phenoxy) is 3. The van der Waals surface area contributed by atoms with Gasteiger partial charge in [-0.05, 0) is 60.7 Å². The van der Waals surface area contributed by atoms with E-state index < -0.39 is 22.6 Å². The van der Waals surface area contributed by atoms with Gasteiger partial charge in [0.05, 0.1) is 10.5 Å². The van der Waals surface area contributed by atoms with Crippen molar-refractivity contribution in [2.75, 3.05) is 26.5 Å². The van der Waals surface area contributed by atoms with Crippen LogP contribution < -0.4 is 9.47 Å². The first-order valence-corrected chi connectivity index (χ1v) is 11.9. The summed E-state index contributed by atoms with van der Waals surface area (Å²) in [6, 6.07) is 10.3. The Labute approximate surface area is 187 Å². The molecule has 1 saturated heterocycles. The first-order valence-electron chi connectivity index (χ1n) is 10.4. The average molecular weight is 460 g/mol. The zero-order valence-electron chi connectivity index (χ0n) is 17.9. The van der Waals surface area contributed by atoms with Crippen molar-refractivity contribution in [1.29, 1.82) is 0 Å². The van der Waals surface area contributed by atoms with Gasteiger partial charge in [0.15, 0.2) is 23.9 Å². The van der Waals surface area contributed by atoms with Crippen LogP contribution in [-0.4, -0.2) is 51.0 Å². The van der Waals surface area contributed by atoms with Crippen LogP contribution in [0.5, 0.6) is 11.5 Å². The quantitative estimate of drug-likeness (QED) is 0.483. The van der Waals surface area contributed by atoms with Crippen molar-refractivity contribution in [3.63, 3.8) is 0 Å². The number of fused-ring (bicyclic) bond motifs is 1. The third-order valence-electron chi connectivity index (χ3n) is 5.59. The normalized spacial score (nSPS) is 20.7. The molecule has 2 atom stereocenters. The summed E-state index contributed by atoms with van der Waals surface area (Å²) in [7, 11) is -3.63. The number of benzene rings is 2. The third kappa shape index (κ3) is 4.63. The molecule has 0 unspecified atom stereocenters. The van der Waals surface area contributed by atoms with Gasteiger partial charge in [0, 0.05) is 18.7 Å². The Morgan fingerprint density at radius 2 is 1.59 bits per heavy atom. The van der Waals surface area contributed by atoms with Crippen molar-refractivity contribution in [3.8, 4) is 11.5 Å². The van der Waals surface area contributed by atoms with E-state index in [2.05, 4.69) is 0 Å². The second kappa shape index (κ2) is 8.91. The van der Waals surface area contributed by atoms with Gasteiger partial charge in [-0.1, -0.05) is 13.8 Å². The lowest BCUT2D eigenvalue weighted by atomic mass is 9.94. The zero-order valence-corrected chi connectivity index (χ0v) is 18.8. The number of esters is 1. The second-order valence-corrected chi connectivity index (χ2v) is 10.3. The van der Waals surface area contributed by atoms with Crippen LogP contribution in [0.2, 0.25) is 0 Å². The molecule has 0 saturated carbocycles. The Morgan fingerprint density at radius 3 is 2.28 bits per heavy atom. The molecule has 0 bridgehead atoms. The summed E-state index contributed by atoms with van der Waals surface area (Å²) in [5, 5.41) is 0. The van der Waals surface area contributed by atoms with Gasteiger partial charge in [-0.25, -0.2) is 13.2 Å². The number of nitrogens with zero attached hydrogens (tertiary/aromatic N) is 1. The minimum atomic E-state index is -3.63. The highest BCUT2D eigenvalue weighted by Crippen LogP contribution is 2.32. The zero-order chi connectivity index (χ0) is 22.9. The van der Waals surface area contributed by atoms with Gasteiger partial charge in [-0.2, -0.15) is 4.31 Å². The average Bonchev–Trinajstić information content (AvgIpc) is 3.24. The van der Waals surface area contributed by atoms with Crippen molar-refractivity contribution in [2.45, 2.75) is 25.2 Å². The molecular formula is C23H25NO7S. The third-order valence-corrected chi connectivity index (χ3v) is 7.44. The number of sulfonamides is 1. The lowest BCUT2D eigenvalue weighted by molar-refractivity contribution is 0.0474. The number of carbonyl (C=O) groups excluding carboxylic acids is 2. The Bertz CT molecular complexity index is 1120. The van der Waals surface area contributed by atoms with E-state index in [1.54, 1.807) is 18.2 Å². The SMILES string of the molecule is C[C@@H]1C[C@@H](C)CN(S(=O)(=O)c2ccc(C(=O)OCC(=O)c3ccc4c(c3)OCO4)cc2)C1. The lowest BCUT2D eigenvalue weighted by Gasteiger charge is -2.34. The van der Waals surface area contributed by atoms with Gasteiger partial charge in [0.1, 0.15) is 0 Å². The molecule has 0 amide bonds. The van der Waals surface area contributed by atoms with E-state index in [0.717, 1.165) is 6.42 Å². The Morgan fingerprint density at radius 1 is 0.969 bits per heavy atom. The molecule has 4 rings (SSSR count). The van der Waals surface area contributed by atoms with Gasteiger partial charge >= 0.3 is 5.97 Å². The highest BCUT2D eigenvalue weighted by molar-refractivity contribution is 7.89. The van der Waals surface area contributed by atoms with Crippen LogP contribution in [0.4, 0.5) is 0 Å². The molecule has 0 aromatic heterocycles. The maximum Gasteiger partial charge on any atom is 0.338 e. The fraction of sp³-hybridized carbons (Fsp3) is 0.391. The van der Waals surface area contributed by atoms with Gasteiger partial charge in [-0.15, -0.1) is 0 Å². The predicted molar refractivity (Wildman–Crippen MR) is 115 cm³/mol. The van der Waals surface area contributed by atoms with Crippen LogP contribution in [0, 0.1) is 11.8 Å². The number of hydrogen-bond acceptors (Lipinski definition) is 7. The molecule has 2 aliphatic heterocycles. The number of carbonyl (C=O) groups is 2. The topological polar surface area (TPSA) is 99.2 Å². The van der Waals surface area contributed by atoms with Crippen LogP contribution >= 0.6 is 0 Å². The molecule has 2 aromatic rings. The van der Waals surface area contributed by atoms with Gasteiger partial charge in [0.2, 0.25) is 16.8 Å². The number of Topliss-reactive ketones (excluding diaryl/α,β-unsaturated/α-hetero) is 1. The monoisotopic (exact) mass is 459 g/mol. The molecule has 2 aliphatic rings. The molecule has 0 N–H and O–H groups in total. The molecule has 170 valence electrons. The number of rotatable bonds is 6. The van der Waals surface area contributed by atoms with E-state index in [9.17, 15) is 18.0 Å². The maximum absolute atomic E-state index is 13.0. The largest absolute Gasteiger partial charge is 0.454 e. The van der Waals surface area contributed by atoms with E-state index in [1.165, 1.54) is 28.6 Å². The highest BCUT2D eigenvalue weighted by Gasteiger charge is 2.31. The molecule has 0 aliphatic carbocycles. The molecule has 9 heteroatoms. The fourth-order valence-corrected chi connectivity index (χ4v) is 5.76. The van der Waals surface area contributed by atoms with Crippen molar-refractivity contribution in [1.82, 2.24) is 4.31 Å². The Balaban J connectivity index is 1.38. The van der Waals surface area contributed by atoms with Crippen LogP contribution in [0.15, 0.2) is 47.4 Å². The van der Waals surface area contributed by atoms with Gasteiger partial charge in [-0.3, -0.25) is 4.79 Å². The summed E-state index contributed by atoms with van der Waals surface area (Å²) >= 11 is 0. The molecule has 1 fully saturated rings. The van der Waals surface area contributed by atoms with E-state index in [-0.39, 0.29) is 23.0 Å². The molecule has 2 heterocycles. The fourth-order valence-electron chi connectivity index (χ4n) is 4.08. The smallest absolute Gasteiger partial charge is 0.338 e. The molecule has 32 heavy (non-hydrogen) atoms. The predicted octanol–water partition coefficient (Wildman–Crippen LogP) is 3.12. The molecular weight excluding hydrogens is 434 g/mol. The summed E-state index contributed by atoms with van der Waals surface area (Å²) < 4.78 is 43.0. The highest BCUT2D eigenvalue weighted by atomic mass is 32.2. The first-order chi connectivity index (χ1) is 15.2. The van der Waals surface area contributed by atoms with E-state index in [4.69, 9.17) is 14.2 Å². The molecule has 8 nitrogen and oxygen atoms in total. The van der Waals surface area contributed by atoms with E-state index in [1.807, 2.05) is 13.8 Å². The molecule has 0 radical (unpaired) electrons. The molecule has 2 aromatic carbocycles. The second-order valence-electron chi connectivity index (χ2n) is 8.36. The van der Waals surface area contributed by atoms with E-state index in [0.29, 0.717) is 42.0 Å². The van der Waals surface area contributed by atoms with Crippen molar-refractivity contribution < 1.29 is 32.2 Å². The number of hydrogen-bond donors (Lipinski definition) is 0. The van der Waals surface area contributed by atoms with E-state index >= 15 is 0 Å². The minimum Gasteiger partial charge on any atom is -0.454 e. The summed E-state index contributed by atoms with van der Waals surface area (Å²) in [6.07, 6.45) is 1.00. The van der Waals surface area contributed by atoms with Crippen molar-refractivity contribution in [2.24, 2.45) is 11.8 Å². The summed E-state index contributed by atoms with van der Waals surface area (Å²) in [5.41, 5.74) is 0.510. The number of ketones is 1. The maximum atomic E-state index is 13.0. The van der Waals surface area contributed by atoms with Crippen molar-refractivity contribution in [3.05, 3.63) is 53.6 Å². The number of piperidine rings is 1. The van der Waals surface area contributed by atoms with Crippen LogP contribution in [0.3, 0.4) is 0 Å². The van der Waals surface area contributed by atoms with Crippen LogP contribution in [-0.2, 0) is 14.8 Å². The summed E-state index contributed by atoms with van der Waals surface area (Å²) in [4.78, 5) is 24.8. The van der Waals surface area contributed by atoms with Gasteiger partial charge in [0.25, 0.3) is 0 Å². The Kier molecular flexibility index (Phi) is 6.21. The first kappa shape index (κ1) is 22.3. The van der Waals surface area contributed by atoms with Crippen LogP contribution in [0.25, 0.3) is 0 Å².